The van der Waals surface area contributed by atoms with Gasteiger partial charge in [0.1, 0.15) is 18.5 Å². The van der Waals surface area contributed by atoms with Crippen molar-refractivity contribution in [3.63, 3.8) is 0 Å². The number of benzene rings is 1. The predicted molar refractivity (Wildman–Crippen MR) is 86.2 cm³/mol. The molecule has 120 valence electrons. The predicted octanol–water partition coefficient (Wildman–Crippen LogP) is 2.02. The molecule has 22 heavy (non-hydrogen) atoms. The first-order valence-electron chi connectivity index (χ1n) is 7.86. The number of aromatic nitrogens is 1. The lowest BCUT2D eigenvalue weighted by Crippen LogP contribution is -2.48. The molecule has 2 N–H and O–H groups in total. The molecule has 2 aromatic rings. The summed E-state index contributed by atoms with van der Waals surface area (Å²) in [6, 6.07) is 7.88. The molecule has 0 aliphatic carbocycles. The van der Waals surface area contributed by atoms with Crippen molar-refractivity contribution < 1.29 is 14.6 Å². The Kier molecular flexibility index (Phi) is 4.66. The highest BCUT2D eigenvalue weighted by Gasteiger charge is 2.24. The molecule has 1 aromatic carbocycles. The Morgan fingerprint density at radius 3 is 2.86 bits per heavy atom. The molecule has 0 radical (unpaired) electrons. The van der Waals surface area contributed by atoms with Crippen LogP contribution >= 0.6 is 0 Å². The maximum atomic E-state index is 10.2. The molecule has 1 aliphatic rings. The maximum absolute atomic E-state index is 10.2. The second-order valence-electron chi connectivity index (χ2n) is 6.14. The van der Waals surface area contributed by atoms with Crippen LogP contribution in [0.15, 0.2) is 30.5 Å². The van der Waals surface area contributed by atoms with E-state index in [0.29, 0.717) is 13.2 Å². The summed E-state index contributed by atoms with van der Waals surface area (Å²) in [6.45, 7) is 6.76. The van der Waals surface area contributed by atoms with Gasteiger partial charge in [-0.3, -0.25) is 4.90 Å². The Labute approximate surface area is 130 Å². The third-order valence-electron chi connectivity index (χ3n) is 3.95. The highest BCUT2D eigenvalue weighted by atomic mass is 16.5. The van der Waals surface area contributed by atoms with Gasteiger partial charge in [-0.25, -0.2) is 0 Å². The van der Waals surface area contributed by atoms with Gasteiger partial charge in [0, 0.05) is 36.7 Å². The highest BCUT2D eigenvalue weighted by molar-refractivity contribution is 5.85. The number of H-pyrrole nitrogens is 1. The van der Waals surface area contributed by atoms with Crippen LogP contribution in [-0.4, -0.2) is 59.5 Å². The quantitative estimate of drug-likeness (QED) is 0.887. The number of nitrogens with one attached hydrogen (secondary N) is 1. The summed E-state index contributed by atoms with van der Waals surface area (Å²) in [4.78, 5) is 5.40. The zero-order chi connectivity index (χ0) is 15.5. The minimum atomic E-state index is -0.508. The van der Waals surface area contributed by atoms with Gasteiger partial charge in [0.15, 0.2) is 0 Å². The third kappa shape index (κ3) is 3.61. The molecule has 1 fully saturated rings. The Morgan fingerprint density at radius 1 is 1.32 bits per heavy atom. The van der Waals surface area contributed by atoms with Crippen LogP contribution < -0.4 is 4.74 Å². The van der Waals surface area contributed by atoms with Crippen LogP contribution in [0.5, 0.6) is 5.75 Å². The van der Waals surface area contributed by atoms with E-state index < -0.39 is 6.10 Å². The van der Waals surface area contributed by atoms with Crippen molar-refractivity contribution >= 4 is 10.9 Å². The SMILES string of the molecule is CC1CN(CC(O)COc2cccc3[nH]ccc23)CC(C)O1. The van der Waals surface area contributed by atoms with Crippen LogP contribution in [0.3, 0.4) is 0 Å². The van der Waals surface area contributed by atoms with Crippen molar-refractivity contribution in [2.75, 3.05) is 26.2 Å². The van der Waals surface area contributed by atoms with Crippen LogP contribution in [0.1, 0.15) is 13.8 Å². The zero-order valence-electron chi connectivity index (χ0n) is 13.2. The number of rotatable bonds is 5. The number of morpholine rings is 1. The number of aliphatic hydroxyl groups excluding tert-OH is 1. The summed E-state index contributed by atoms with van der Waals surface area (Å²) in [7, 11) is 0. The number of hydrogen-bond acceptors (Lipinski definition) is 4. The van der Waals surface area contributed by atoms with Crippen LogP contribution in [0.2, 0.25) is 0 Å². The summed E-state index contributed by atoms with van der Waals surface area (Å²) >= 11 is 0. The summed E-state index contributed by atoms with van der Waals surface area (Å²) in [5.74, 6) is 0.807. The van der Waals surface area contributed by atoms with E-state index in [4.69, 9.17) is 9.47 Å². The molecule has 3 atom stereocenters. The van der Waals surface area contributed by atoms with Crippen molar-refractivity contribution in [2.45, 2.75) is 32.2 Å². The van der Waals surface area contributed by atoms with Gasteiger partial charge in [-0.2, -0.15) is 0 Å². The monoisotopic (exact) mass is 304 g/mol. The molecule has 5 nitrogen and oxygen atoms in total. The second-order valence-corrected chi connectivity index (χ2v) is 6.14. The number of β-amino-alcohol motifs (C(OH)–C–C–N with tert-alkyl or cyclic N) is 1. The molecule has 0 amide bonds. The third-order valence-corrected chi connectivity index (χ3v) is 3.95. The van der Waals surface area contributed by atoms with E-state index in [1.807, 2.05) is 30.5 Å². The number of nitrogens with zero attached hydrogens (tertiary/aromatic N) is 1. The number of aliphatic hydroxyl groups is 1. The lowest BCUT2D eigenvalue weighted by atomic mass is 10.2. The Hall–Kier alpha value is -1.56. The molecule has 1 aromatic heterocycles. The standard InChI is InChI=1S/C17H24N2O3/c1-12-8-19(9-13(2)22-12)10-14(20)11-21-17-5-3-4-16-15(17)6-7-18-16/h3-7,12-14,18,20H,8-11H2,1-2H3. The lowest BCUT2D eigenvalue weighted by Gasteiger charge is -2.36. The second kappa shape index (κ2) is 6.69. The van der Waals surface area contributed by atoms with Crippen LogP contribution in [0.4, 0.5) is 0 Å². The fourth-order valence-electron chi connectivity index (χ4n) is 3.15. The van der Waals surface area contributed by atoms with Gasteiger partial charge < -0.3 is 19.6 Å². The van der Waals surface area contributed by atoms with Crippen molar-refractivity contribution in [1.29, 1.82) is 0 Å². The van der Waals surface area contributed by atoms with E-state index in [1.54, 1.807) is 0 Å². The molecule has 0 bridgehead atoms. The Morgan fingerprint density at radius 2 is 2.09 bits per heavy atom. The van der Waals surface area contributed by atoms with E-state index in [0.717, 1.165) is 29.7 Å². The first kappa shape index (κ1) is 15.3. The molecule has 3 rings (SSSR count). The number of ether oxygens (including phenoxy) is 2. The van der Waals surface area contributed by atoms with E-state index in [-0.39, 0.29) is 12.2 Å². The zero-order valence-corrected chi connectivity index (χ0v) is 13.2. The molecule has 3 unspecified atom stereocenters. The van der Waals surface area contributed by atoms with Gasteiger partial charge in [-0.1, -0.05) is 6.07 Å². The van der Waals surface area contributed by atoms with Crippen molar-refractivity contribution in [2.24, 2.45) is 0 Å². The first-order chi connectivity index (χ1) is 10.6. The number of hydrogen-bond donors (Lipinski definition) is 2. The van der Waals surface area contributed by atoms with E-state index in [9.17, 15) is 5.11 Å². The molecule has 1 saturated heterocycles. The van der Waals surface area contributed by atoms with Gasteiger partial charge in [-0.15, -0.1) is 0 Å². The number of fused-ring (bicyclic) bond motifs is 1. The van der Waals surface area contributed by atoms with Crippen LogP contribution in [-0.2, 0) is 4.74 Å². The van der Waals surface area contributed by atoms with Crippen molar-refractivity contribution in [1.82, 2.24) is 9.88 Å². The molecular formula is C17H24N2O3. The minimum Gasteiger partial charge on any atom is -0.490 e. The molecule has 1 aliphatic heterocycles. The van der Waals surface area contributed by atoms with Gasteiger partial charge >= 0.3 is 0 Å². The van der Waals surface area contributed by atoms with Gasteiger partial charge in [0.2, 0.25) is 0 Å². The minimum absolute atomic E-state index is 0.213. The average molecular weight is 304 g/mol. The Balaban J connectivity index is 1.54. The molecule has 0 spiro atoms. The summed E-state index contributed by atoms with van der Waals surface area (Å²) in [5, 5.41) is 11.3. The van der Waals surface area contributed by atoms with E-state index in [2.05, 4.69) is 23.7 Å². The fraction of sp³-hybridized carbons (Fsp3) is 0.529. The normalized spacial score (nSPS) is 24.5. The van der Waals surface area contributed by atoms with Crippen molar-refractivity contribution in [3.05, 3.63) is 30.5 Å². The topological polar surface area (TPSA) is 57.7 Å². The smallest absolute Gasteiger partial charge is 0.128 e. The van der Waals surface area contributed by atoms with E-state index in [1.165, 1.54) is 0 Å². The lowest BCUT2D eigenvalue weighted by molar-refractivity contribution is -0.0786. The summed E-state index contributed by atoms with van der Waals surface area (Å²) in [5.41, 5.74) is 1.04. The largest absolute Gasteiger partial charge is 0.490 e. The van der Waals surface area contributed by atoms with Crippen LogP contribution in [0.25, 0.3) is 10.9 Å². The summed E-state index contributed by atoms with van der Waals surface area (Å²) < 4.78 is 11.5. The fourth-order valence-corrected chi connectivity index (χ4v) is 3.15. The highest BCUT2D eigenvalue weighted by Crippen LogP contribution is 2.24. The Bertz CT molecular complexity index is 603. The molecule has 0 saturated carbocycles. The van der Waals surface area contributed by atoms with Gasteiger partial charge in [0.25, 0.3) is 0 Å². The first-order valence-corrected chi connectivity index (χ1v) is 7.86. The molecule has 2 heterocycles. The van der Waals surface area contributed by atoms with Gasteiger partial charge in [0.05, 0.1) is 12.2 Å². The van der Waals surface area contributed by atoms with Crippen molar-refractivity contribution in [3.8, 4) is 5.75 Å². The molecule has 5 heteroatoms. The van der Waals surface area contributed by atoms with Crippen LogP contribution in [0, 0.1) is 0 Å². The summed E-state index contributed by atoms with van der Waals surface area (Å²) in [6.07, 6.45) is 1.81. The van der Waals surface area contributed by atoms with Gasteiger partial charge in [-0.05, 0) is 32.0 Å². The average Bonchev–Trinajstić information content (AvgIpc) is 2.92. The maximum Gasteiger partial charge on any atom is 0.128 e. The number of aromatic amines is 1. The molecular weight excluding hydrogens is 280 g/mol. The van der Waals surface area contributed by atoms with E-state index >= 15 is 0 Å².